The average Bonchev–Trinajstić information content (AvgIpc) is 3.36. The SMILES string of the molecule is CC(C)(C)c1cc(-c2cc(-c3cc(C(C)(C)C)cc(C(C)(C)C)c3)cc(-n3c4ccccc4c4cccc(C(C)(C)C)c43)c2)cc(C(C)(C)C)c1. The largest absolute Gasteiger partial charge is 0.309 e. The lowest BCUT2D eigenvalue weighted by molar-refractivity contribution is 0.568. The van der Waals surface area contributed by atoms with Crippen LogP contribution >= 0.6 is 0 Å². The molecular weight excluding hydrogens is 615 g/mol. The molecule has 1 heteroatoms. The standard InChI is InChI=1S/C50H61N/c1-46(2,3)36-24-34(25-37(30-36)47(4,5)6)32-23-33(35-26-38(48(7,8)9)31-39(27-35)49(10,11)12)29-40(28-32)51-44-22-17-16-19-41(44)42-20-18-21-43(45(42)51)50(13,14)15/h16-31H,1-15H3. The molecule has 0 aliphatic rings. The predicted molar refractivity (Wildman–Crippen MR) is 225 cm³/mol. The van der Waals surface area contributed by atoms with Gasteiger partial charge in [0.2, 0.25) is 0 Å². The Morgan fingerprint density at radius 2 is 0.745 bits per heavy atom. The van der Waals surface area contributed by atoms with Crippen molar-refractivity contribution in [1.82, 2.24) is 4.57 Å². The van der Waals surface area contributed by atoms with Gasteiger partial charge in [-0.3, -0.25) is 0 Å². The van der Waals surface area contributed by atoms with Crippen molar-refractivity contribution in [2.45, 2.75) is 131 Å². The van der Waals surface area contributed by atoms with Crippen LogP contribution in [0.3, 0.4) is 0 Å². The summed E-state index contributed by atoms with van der Waals surface area (Å²) in [5.41, 5.74) is 15.7. The van der Waals surface area contributed by atoms with E-state index in [1.165, 1.54) is 77.6 Å². The molecule has 1 nitrogen and oxygen atoms in total. The first kappa shape index (κ1) is 36.7. The molecule has 0 atom stereocenters. The van der Waals surface area contributed by atoms with Crippen molar-refractivity contribution in [3.8, 4) is 27.9 Å². The van der Waals surface area contributed by atoms with Crippen LogP contribution in [-0.4, -0.2) is 4.57 Å². The van der Waals surface area contributed by atoms with Gasteiger partial charge in [-0.15, -0.1) is 0 Å². The normalized spacial score (nSPS) is 13.4. The van der Waals surface area contributed by atoms with Crippen molar-refractivity contribution in [3.63, 3.8) is 0 Å². The topological polar surface area (TPSA) is 4.93 Å². The van der Waals surface area contributed by atoms with Crippen molar-refractivity contribution in [2.24, 2.45) is 0 Å². The molecule has 0 bridgehead atoms. The molecule has 0 unspecified atom stereocenters. The summed E-state index contributed by atoms with van der Waals surface area (Å²) in [5.74, 6) is 0. The summed E-state index contributed by atoms with van der Waals surface area (Å²) in [7, 11) is 0. The van der Waals surface area contributed by atoms with E-state index < -0.39 is 0 Å². The molecule has 51 heavy (non-hydrogen) atoms. The molecule has 0 amide bonds. The van der Waals surface area contributed by atoms with Gasteiger partial charge in [0.25, 0.3) is 0 Å². The van der Waals surface area contributed by atoms with Gasteiger partial charge >= 0.3 is 0 Å². The minimum absolute atomic E-state index is 0.0214. The number of aromatic nitrogens is 1. The molecule has 5 aromatic carbocycles. The molecule has 266 valence electrons. The number of para-hydroxylation sites is 2. The second kappa shape index (κ2) is 12.3. The van der Waals surface area contributed by atoms with Gasteiger partial charge in [0.15, 0.2) is 0 Å². The van der Waals surface area contributed by atoms with E-state index in [1.807, 2.05) is 0 Å². The maximum absolute atomic E-state index is 2.55. The molecule has 0 radical (unpaired) electrons. The Labute approximate surface area is 309 Å². The highest BCUT2D eigenvalue weighted by atomic mass is 15.0. The van der Waals surface area contributed by atoms with Crippen molar-refractivity contribution < 1.29 is 0 Å². The van der Waals surface area contributed by atoms with E-state index in [2.05, 4.69) is 205 Å². The first-order chi connectivity index (χ1) is 23.4. The third-order valence-electron chi connectivity index (χ3n) is 10.7. The molecule has 0 aliphatic carbocycles. The van der Waals surface area contributed by atoms with Crippen molar-refractivity contribution in [2.75, 3.05) is 0 Å². The quantitative estimate of drug-likeness (QED) is 0.176. The third kappa shape index (κ3) is 7.19. The Bertz CT molecular complexity index is 2090. The van der Waals surface area contributed by atoms with Crippen LogP contribution in [0.2, 0.25) is 0 Å². The monoisotopic (exact) mass is 675 g/mol. The first-order valence-corrected chi connectivity index (χ1v) is 18.9. The highest BCUT2D eigenvalue weighted by molar-refractivity contribution is 6.10. The summed E-state index contributed by atoms with van der Waals surface area (Å²) < 4.78 is 2.55. The highest BCUT2D eigenvalue weighted by Gasteiger charge is 2.26. The molecule has 6 aromatic rings. The lowest BCUT2D eigenvalue weighted by Crippen LogP contribution is -2.16. The third-order valence-corrected chi connectivity index (χ3v) is 10.7. The van der Waals surface area contributed by atoms with Crippen molar-refractivity contribution in [3.05, 3.63) is 125 Å². The van der Waals surface area contributed by atoms with Crippen molar-refractivity contribution in [1.29, 1.82) is 0 Å². The zero-order valence-electron chi connectivity index (χ0n) is 34.2. The van der Waals surface area contributed by atoms with Gasteiger partial charge in [0, 0.05) is 16.5 Å². The zero-order chi connectivity index (χ0) is 37.5. The van der Waals surface area contributed by atoms with E-state index in [1.54, 1.807) is 0 Å². The van der Waals surface area contributed by atoms with E-state index in [9.17, 15) is 0 Å². The van der Waals surface area contributed by atoms with E-state index in [0.29, 0.717) is 0 Å². The van der Waals surface area contributed by atoms with Gasteiger partial charge in [-0.25, -0.2) is 0 Å². The van der Waals surface area contributed by atoms with E-state index in [-0.39, 0.29) is 27.1 Å². The smallest absolute Gasteiger partial charge is 0.0578 e. The lowest BCUT2D eigenvalue weighted by atomic mass is 9.78. The fraction of sp³-hybridized carbons (Fsp3) is 0.400. The molecule has 0 saturated heterocycles. The predicted octanol–water partition coefficient (Wildman–Crippen LogP) is 14.6. The summed E-state index contributed by atoms with van der Waals surface area (Å²) >= 11 is 0. The highest BCUT2D eigenvalue weighted by Crippen LogP contribution is 2.42. The fourth-order valence-corrected chi connectivity index (χ4v) is 7.29. The Hall–Kier alpha value is -4.10. The molecule has 0 fully saturated rings. The van der Waals surface area contributed by atoms with Crippen LogP contribution < -0.4 is 0 Å². The molecule has 0 saturated carbocycles. The van der Waals surface area contributed by atoms with Crippen LogP contribution in [0.15, 0.2) is 97.1 Å². The Balaban J connectivity index is 1.78. The number of nitrogens with zero attached hydrogens (tertiary/aromatic N) is 1. The summed E-state index contributed by atoms with van der Waals surface area (Å²) in [6.07, 6.45) is 0. The molecule has 0 N–H and O–H groups in total. The van der Waals surface area contributed by atoms with Crippen LogP contribution in [0, 0.1) is 0 Å². The molecule has 1 aromatic heterocycles. The molecule has 0 aliphatic heterocycles. The maximum Gasteiger partial charge on any atom is 0.0578 e. The molecule has 6 rings (SSSR count). The van der Waals surface area contributed by atoms with Crippen LogP contribution in [0.5, 0.6) is 0 Å². The van der Waals surface area contributed by atoms with Gasteiger partial charge in [0.05, 0.1) is 11.0 Å². The number of fused-ring (bicyclic) bond motifs is 3. The Kier molecular flexibility index (Phi) is 8.81. The summed E-state index contributed by atoms with van der Waals surface area (Å²) in [4.78, 5) is 0. The van der Waals surface area contributed by atoms with Gasteiger partial charge in [-0.05, 0) is 101 Å². The second-order valence-corrected chi connectivity index (χ2v) is 20.2. The molecular formula is C50H61N. The summed E-state index contributed by atoms with van der Waals surface area (Å²) in [5, 5.41) is 2.60. The molecule has 1 heterocycles. The number of hydrogen-bond donors (Lipinski definition) is 0. The van der Waals surface area contributed by atoms with E-state index in [0.717, 1.165) is 0 Å². The fourth-order valence-electron chi connectivity index (χ4n) is 7.29. The second-order valence-electron chi connectivity index (χ2n) is 20.2. The summed E-state index contributed by atoms with van der Waals surface area (Å²) in [6.45, 7) is 35.0. The van der Waals surface area contributed by atoms with Crippen LogP contribution in [0.1, 0.15) is 132 Å². The minimum atomic E-state index is -0.0304. The lowest BCUT2D eigenvalue weighted by Gasteiger charge is -2.27. The van der Waals surface area contributed by atoms with Gasteiger partial charge in [0.1, 0.15) is 0 Å². The first-order valence-electron chi connectivity index (χ1n) is 18.9. The Morgan fingerprint density at radius 3 is 1.16 bits per heavy atom. The van der Waals surface area contributed by atoms with E-state index >= 15 is 0 Å². The van der Waals surface area contributed by atoms with Crippen LogP contribution in [0.4, 0.5) is 0 Å². The average molecular weight is 676 g/mol. The Morgan fingerprint density at radius 1 is 0.353 bits per heavy atom. The number of hydrogen-bond acceptors (Lipinski definition) is 0. The number of benzene rings is 5. The van der Waals surface area contributed by atoms with Crippen LogP contribution in [-0.2, 0) is 27.1 Å². The van der Waals surface area contributed by atoms with Gasteiger partial charge < -0.3 is 4.57 Å². The van der Waals surface area contributed by atoms with E-state index in [4.69, 9.17) is 0 Å². The van der Waals surface area contributed by atoms with Crippen LogP contribution in [0.25, 0.3) is 49.7 Å². The maximum atomic E-state index is 2.55. The minimum Gasteiger partial charge on any atom is -0.309 e. The zero-order valence-corrected chi connectivity index (χ0v) is 34.2. The van der Waals surface area contributed by atoms with Crippen molar-refractivity contribution >= 4 is 21.8 Å². The molecule has 0 spiro atoms. The number of rotatable bonds is 3. The summed E-state index contributed by atoms with van der Waals surface area (Å²) in [6, 6.07) is 37.8. The van der Waals surface area contributed by atoms with Gasteiger partial charge in [-0.2, -0.15) is 0 Å². The van der Waals surface area contributed by atoms with Gasteiger partial charge in [-0.1, -0.05) is 177 Å².